The van der Waals surface area contributed by atoms with Crippen molar-refractivity contribution >= 4 is 25.9 Å². The average molecular weight is 881 g/mol. The highest BCUT2D eigenvalue weighted by molar-refractivity contribution is 7.83. The maximum Gasteiger partial charge on any atom is 0.530 e. The number of nitriles is 1. The van der Waals surface area contributed by atoms with Crippen LogP contribution in [0, 0.1) is 29.6 Å². The number of nitrogens with zero attached hydrogens (tertiary/aromatic N) is 2. The van der Waals surface area contributed by atoms with E-state index in [9.17, 15) is 9.83 Å². The van der Waals surface area contributed by atoms with E-state index in [-0.39, 0.29) is 49.7 Å². The zero-order chi connectivity index (χ0) is 42.0. The van der Waals surface area contributed by atoms with Crippen LogP contribution in [0.1, 0.15) is 183 Å². The van der Waals surface area contributed by atoms with E-state index < -0.39 is 14.7 Å². The normalized spacial score (nSPS) is 30.2. The molecule has 62 heavy (non-hydrogen) atoms. The predicted octanol–water partition coefficient (Wildman–Crippen LogP) is 12.7. The molecule has 1 fully saturated rings. The first-order valence-corrected chi connectivity index (χ1v) is 26.5. The monoisotopic (exact) mass is 880 g/mol. The summed E-state index contributed by atoms with van der Waals surface area (Å²) in [4.78, 5) is 0. The van der Waals surface area contributed by atoms with Gasteiger partial charge in [-0.05, 0) is 127 Å². The largest absolute Gasteiger partial charge is 0.530 e. The van der Waals surface area contributed by atoms with Crippen molar-refractivity contribution in [2.24, 2.45) is 5.92 Å². The van der Waals surface area contributed by atoms with Gasteiger partial charge in [-0.2, -0.15) is 5.26 Å². The molecule has 8 nitrogen and oxygen atoms in total. The molecule has 9 aliphatic rings. The van der Waals surface area contributed by atoms with Crippen LogP contribution in [-0.4, -0.2) is 32.0 Å². The molecular formula is C51H47ClN2O6P2. The summed E-state index contributed by atoms with van der Waals surface area (Å²) in [5.74, 6) is 5.69. The minimum absolute atomic E-state index is 0.0160. The highest BCUT2D eigenvalue weighted by atomic mass is 35.7. The summed E-state index contributed by atoms with van der Waals surface area (Å²) in [5, 5.41) is 9.46. The number of fused-ring (bicyclic) bond motifs is 32. The number of rotatable bonds is 11. The molecule has 0 spiro atoms. The fraction of sp³-hybridized carbons (Fsp3) is 0.431. The molecule has 0 heterocycles. The third-order valence-electron chi connectivity index (χ3n) is 16.5. The maximum atomic E-state index is 15.0. The quantitative estimate of drug-likeness (QED) is 0.0636. The first kappa shape index (κ1) is 38.4. The van der Waals surface area contributed by atoms with Crippen molar-refractivity contribution in [2.45, 2.75) is 105 Å². The van der Waals surface area contributed by atoms with Gasteiger partial charge in [-0.15, -0.1) is 12.3 Å². The Morgan fingerprint density at radius 1 is 0.677 bits per heavy atom. The van der Waals surface area contributed by atoms with Gasteiger partial charge in [0.2, 0.25) is 0 Å². The van der Waals surface area contributed by atoms with Gasteiger partial charge in [-0.25, -0.2) is 13.8 Å². The summed E-state index contributed by atoms with van der Waals surface area (Å²) in [7, 11) is -0.944. The number of hydrogen-bond acceptors (Lipinski definition) is 7. The Morgan fingerprint density at radius 2 is 1.18 bits per heavy atom. The molecule has 0 aromatic heterocycles. The Hall–Kier alpha value is -4.10. The molecule has 8 bridgehead atoms. The van der Waals surface area contributed by atoms with Gasteiger partial charge in [0, 0.05) is 81.3 Å². The summed E-state index contributed by atoms with van der Waals surface area (Å²) in [6.45, 7) is -4.01. The lowest BCUT2D eigenvalue weighted by Gasteiger charge is -2.35. The summed E-state index contributed by atoms with van der Waals surface area (Å²) in [5.41, 5.74) is 19.0. The number of hydrogen-bond donors (Lipinski definition) is 0. The molecule has 1 saturated carbocycles. The SMILES string of the molecule is C#CCCOP(=O)(OCCC#N)Oc1c2c(c(OP(=O)(Cl)N(C)C)c3c1C1CC3c3cc4c(cc31)[C@@H]1CC4c3ccccc31)C1CC2c2cc3c(cc21)C1CC3C2CCCC=C12. The zero-order valence-electron chi connectivity index (χ0n) is 34.9. The van der Waals surface area contributed by atoms with Crippen molar-refractivity contribution in [1.82, 2.24) is 4.67 Å². The predicted molar refractivity (Wildman–Crippen MR) is 238 cm³/mol. The fourth-order valence-electron chi connectivity index (χ4n) is 14.2. The minimum atomic E-state index is -4.33. The highest BCUT2D eigenvalue weighted by Gasteiger charge is 2.57. The van der Waals surface area contributed by atoms with Gasteiger partial charge in [0.05, 0.1) is 25.7 Å². The van der Waals surface area contributed by atoms with E-state index in [1.54, 1.807) is 19.7 Å². The molecule has 11 heteroatoms. The fourth-order valence-corrected chi connectivity index (χ4v) is 16.2. The minimum Gasteiger partial charge on any atom is -0.421 e. The Labute approximate surface area is 367 Å². The smallest absolute Gasteiger partial charge is 0.421 e. The van der Waals surface area contributed by atoms with Gasteiger partial charge in [0.15, 0.2) is 0 Å². The Balaban J connectivity index is 1.02. The second-order valence-corrected chi connectivity index (χ2v) is 24.0. The lowest BCUT2D eigenvalue weighted by molar-refractivity contribution is 0.159. The Morgan fingerprint density at radius 3 is 1.73 bits per heavy atom. The topological polar surface area (TPSA) is 98.1 Å². The summed E-state index contributed by atoms with van der Waals surface area (Å²) in [6.07, 6.45) is 15.9. The number of halogens is 1. The Bertz CT molecular complexity index is 2900. The van der Waals surface area contributed by atoms with Crippen molar-refractivity contribution in [3.8, 4) is 29.9 Å². The molecule has 11 atom stereocenters. The Kier molecular flexibility index (Phi) is 8.33. The van der Waals surface area contributed by atoms with Crippen LogP contribution in [-0.2, 0) is 18.2 Å². The molecule has 0 N–H and O–H groups in total. The lowest BCUT2D eigenvalue weighted by Crippen LogP contribution is -2.19. The van der Waals surface area contributed by atoms with Gasteiger partial charge < -0.3 is 9.05 Å². The van der Waals surface area contributed by atoms with Crippen LogP contribution in [0.2, 0.25) is 0 Å². The second kappa shape index (κ2) is 13.5. The summed E-state index contributed by atoms with van der Waals surface area (Å²) >= 11 is 6.95. The standard InChI is InChI=1S/C51H47ClN2O6P2/c1-4-5-16-57-62(56,58-17-10-15-53)60-51-48-44-24-42(38-20-34-30-18-32(36(34)22-40(38)44)28-13-8-6-11-26(28)30)46(48)50(59-61(52,55)54(2)3)47-43-25-45(49(47)51)41-23-37-33-19-31(35(37)21-39(41)43)27-12-7-9-14-29(27)33/h1,6,8,11-13,20-23,29-33,42-45H,5,7,9-10,14,16-19,24-25H2,2-3H3/t29?,30?,31?,32-,33?,42?,43?,44?,45?,61?,62?/m1/s1. The first-order valence-electron chi connectivity index (χ1n) is 22.5. The molecule has 4 aromatic carbocycles. The zero-order valence-corrected chi connectivity index (χ0v) is 37.4. The number of terminal acetylenes is 1. The number of allylic oxidation sites excluding steroid dienone is 2. The van der Waals surface area contributed by atoms with Gasteiger partial charge in [-0.3, -0.25) is 9.05 Å². The van der Waals surface area contributed by atoms with Gasteiger partial charge in [-0.1, -0.05) is 60.2 Å². The molecule has 9 aliphatic carbocycles. The van der Waals surface area contributed by atoms with E-state index in [0.717, 1.165) is 41.5 Å². The molecule has 314 valence electrons. The number of benzene rings is 4. The van der Waals surface area contributed by atoms with Crippen molar-refractivity contribution in [3.05, 3.63) is 138 Å². The highest BCUT2D eigenvalue weighted by Crippen LogP contribution is 2.74. The van der Waals surface area contributed by atoms with E-state index in [1.807, 2.05) is 0 Å². The van der Waals surface area contributed by atoms with Crippen LogP contribution in [0.4, 0.5) is 0 Å². The molecule has 13 rings (SSSR count). The van der Waals surface area contributed by atoms with E-state index in [2.05, 4.69) is 66.6 Å². The van der Waals surface area contributed by atoms with Gasteiger partial charge in [0.25, 0.3) is 0 Å². The average Bonchev–Trinajstić information content (AvgIpc) is 4.15. The lowest BCUT2D eigenvalue weighted by atomic mass is 9.72. The van der Waals surface area contributed by atoms with Crippen molar-refractivity contribution < 1.29 is 27.2 Å². The van der Waals surface area contributed by atoms with E-state index in [1.165, 1.54) is 86.0 Å². The van der Waals surface area contributed by atoms with E-state index in [0.29, 0.717) is 41.1 Å². The van der Waals surface area contributed by atoms with Crippen LogP contribution in [0.3, 0.4) is 0 Å². The van der Waals surface area contributed by atoms with Crippen LogP contribution in [0.25, 0.3) is 0 Å². The number of phosphoric ester groups is 1. The summed E-state index contributed by atoms with van der Waals surface area (Å²) in [6, 6.07) is 20.9. The first-order chi connectivity index (χ1) is 30.1. The van der Waals surface area contributed by atoms with E-state index in [4.69, 9.17) is 35.8 Å². The maximum absolute atomic E-state index is 15.0. The van der Waals surface area contributed by atoms with Crippen molar-refractivity contribution in [3.63, 3.8) is 0 Å². The molecule has 0 radical (unpaired) electrons. The second-order valence-electron chi connectivity index (χ2n) is 19.3. The van der Waals surface area contributed by atoms with Crippen LogP contribution < -0.4 is 9.05 Å². The molecule has 10 unspecified atom stereocenters. The molecule has 4 aromatic rings. The summed E-state index contributed by atoms with van der Waals surface area (Å²) < 4.78 is 56.6. The molecule has 0 saturated heterocycles. The molecule has 0 aliphatic heterocycles. The third kappa shape index (κ3) is 5.09. The van der Waals surface area contributed by atoms with Crippen molar-refractivity contribution in [2.75, 3.05) is 27.3 Å². The molecular weight excluding hydrogens is 834 g/mol. The van der Waals surface area contributed by atoms with Crippen LogP contribution >= 0.6 is 25.9 Å². The van der Waals surface area contributed by atoms with Crippen LogP contribution in [0.5, 0.6) is 11.5 Å². The van der Waals surface area contributed by atoms with Gasteiger partial charge in [0.1, 0.15) is 11.5 Å². The third-order valence-corrected chi connectivity index (χ3v) is 20.3. The van der Waals surface area contributed by atoms with Crippen molar-refractivity contribution in [1.29, 1.82) is 5.26 Å². The van der Waals surface area contributed by atoms with Gasteiger partial charge >= 0.3 is 14.7 Å². The molecule has 0 amide bonds. The van der Waals surface area contributed by atoms with Crippen LogP contribution in [0.15, 0.2) is 60.2 Å². The number of phosphoric acid groups is 1. The van der Waals surface area contributed by atoms with E-state index >= 15 is 4.57 Å².